The Morgan fingerprint density at radius 1 is 0.935 bits per heavy atom. The van der Waals surface area contributed by atoms with Crippen LogP contribution in [0, 0.1) is 17.2 Å². The van der Waals surface area contributed by atoms with E-state index in [2.05, 4.69) is 0 Å². The van der Waals surface area contributed by atoms with Crippen LogP contribution in [0.5, 0.6) is 0 Å². The van der Waals surface area contributed by atoms with Crippen molar-refractivity contribution in [3.8, 4) is 0 Å². The Bertz CT molecular complexity index is 912. The van der Waals surface area contributed by atoms with Crippen LogP contribution in [0.25, 0.3) is 0 Å². The van der Waals surface area contributed by atoms with Crippen molar-refractivity contribution < 1.29 is 22.4 Å². The van der Waals surface area contributed by atoms with Crippen molar-refractivity contribution in [2.45, 2.75) is 44.9 Å². The average molecular weight is 454 g/mol. The first-order valence-electron chi connectivity index (χ1n) is 10.8. The summed E-state index contributed by atoms with van der Waals surface area (Å²) in [5.74, 6) is -0.691. The summed E-state index contributed by atoms with van der Waals surface area (Å²) in [4.78, 5) is 29.4. The van der Waals surface area contributed by atoms with Gasteiger partial charge in [0.25, 0.3) is 0 Å². The lowest BCUT2D eigenvalue weighted by Crippen LogP contribution is -2.50. The van der Waals surface area contributed by atoms with E-state index in [1.165, 1.54) is 16.4 Å². The summed E-state index contributed by atoms with van der Waals surface area (Å²) in [6.07, 6.45) is 2.06. The maximum Gasteiger partial charge on any atom is 0.243 e. The van der Waals surface area contributed by atoms with Gasteiger partial charge in [0.05, 0.1) is 10.8 Å². The van der Waals surface area contributed by atoms with E-state index in [9.17, 15) is 22.4 Å². The topological polar surface area (TPSA) is 78.0 Å². The predicted molar refractivity (Wildman–Crippen MR) is 115 cm³/mol. The Kier molecular flexibility index (Phi) is 7.05. The van der Waals surface area contributed by atoms with Crippen LogP contribution >= 0.6 is 0 Å². The molecule has 2 saturated heterocycles. The van der Waals surface area contributed by atoms with Crippen LogP contribution in [0.15, 0.2) is 29.2 Å². The van der Waals surface area contributed by atoms with Crippen molar-refractivity contribution in [3.05, 3.63) is 30.1 Å². The first-order chi connectivity index (χ1) is 14.5. The number of carbonyl (C=O) groups excluding carboxylic acids is 2. The van der Waals surface area contributed by atoms with E-state index >= 15 is 0 Å². The molecule has 1 unspecified atom stereocenters. The molecule has 0 N–H and O–H groups in total. The van der Waals surface area contributed by atoms with Crippen LogP contribution in [-0.4, -0.2) is 73.6 Å². The highest BCUT2D eigenvalue weighted by Crippen LogP contribution is 2.25. The number of likely N-dealkylation sites (tertiary alicyclic amines) is 1. The van der Waals surface area contributed by atoms with Gasteiger partial charge in [-0.25, -0.2) is 12.8 Å². The van der Waals surface area contributed by atoms with Crippen LogP contribution in [0.3, 0.4) is 0 Å². The van der Waals surface area contributed by atoms with E-state index in [4.69, 9.17) is 0 Å². The third-order valence-electron chi connectivity index (χ3n) is 5.92. The number of halogens is 1. The molecule has 9 heteroatoms. The Morgan fingerprint density at radius 2 is 1.58 bits per heavy atom. The molecule has 7 nitrogen and oxygen atoms in total. The summed E-state index contributed by atoms with van der Waals surface area (Å²) in [5, 5.41) is 0. The minimum absolute atomic E-state index is 0.00700. The van der Waals surface area contributed by atoms with Crippen LogP contribution < -0.4 is 0 Å². The molecule has 0 aliphatic carbocycles. The molecule has 31 heavy (non-hydrogen) atoms. The van der Waals surface area contributed by atoms with E-state index < -0.39 is 21.3 Å². The number of benzene rings is 1. The summed E-state index contributed by atoms with van der Waals surface area (Å²) in [6, 6.07) is 4.80. The smallest absolute Gasteiger partial charge is 0.243 e. The zero-order valence-electron chi connectivity index (χ0n) is 18.5. The molecule has 3 rings (SSSR count). The second-order valence-electron chi connectivity index (χ2n) is 9.38. The maximum absolute atomic E-state index is 13.2. The zero-order valence-corrected chi connectivity index (χ0v) is 19.3. The molecule has 0 radical (unpaired) electrons. The van der Waals surface area contributed by atoms with Gasteiger partial charge in [0, 0.05) is 44.7 Å². The van der Waals surface area contributed by atoms with Crippen LogP contribution in [0.1, 0.15) is 40.0 Å². The van der Waals surface area contributed by atoms with Crippen molar-refractivity contribution >= 4 is 21.8 Å². The fourth-order valence-corrected chi connectivity index (χ4v) is 5.68. The molecule has 172 valence electrons. The summed E-state index contributed by atoms with van der Waals surface area (Å²) in [7, 11) is -3.74. The van der Waals surface area contributed by atoms with Crippen molar-refractivity contribution in [1.82, 2.24) is 14.1 Å². The number of sulfonamides is 1. The number of piperidine rings is 1. The van der Waals surface area contributed by atoms with Gasteiger partial charge in [0.15, 0.2) is 0 Å². The first kappa shape index (κ1) is 23.7. The summed E-state index contributed by atoms with van der Waals surface area (Å²) in [6.45, 7) is 8.03. The van der Waals surface area contributed by atoms with E-state index in [0.29, 0.717) is 39.1 Å². The predicted octanol–water partition coefficient (Wildman–Crippen LogP) is 2.33. The molecular weight excluding hydrogens is 421 g/mol. The number of rotatable bonds is 3. The molecule has 0 saturated carbocycles. The average Bonchev–Trinajstić information content (AvgIpc) is 2.99. The molecule has 2 fully saturated rings. The minimum Gasteiger partial charge on any atom is -0.341 e. The lowest BCUT2D eigenvalue weighted by Gasteiger charge is -2.37. The number of carbonyl (C=O) groups is 2. The van der Waals surface area contributed by atoms with E-state index in [0.717, 1.165) is 25.0 Å². The Balaban J connectivity index is 1.64. The van der Waals surface area contributed by atoms with Gasteiger partial charge in [-0.05, 0) is 43.5 Å². The normalized spacial score (nSPS) is 21.6. The number of hydrogen-bond donors (Lipinski definition) is 0. The second kappa shape index (κ2) is 9.24. The van der Waals surface area contributed by atoms with Gasteiger partial charge >= 0.3 is 0 Å². The molecular formula is C22H32FN3O4S. The summed E-state index contributed by atoms with van der Waals surface area (Å²) < 4.78 is 40.3. The second-order valence-corrected chi connectivity index (χ2v) is 11.3. The van der Waals surface area contributed by atoms with Crippen LogP contribution in [-0.2, 0) is 19.6 Å². The monoisotopic (exact) mass is 453 g/mol. The largest absolute Gasteiger partial charge is 0.341 e. The SMILES string of the molecule is CC(C)(C)C(=O)N1CCCC(C(=O)N2CCCN(S(=O)(=O)c3ccc(F)cc3)CC2)C1. The standard InChI is InChI=1S/C22H32FN3O4S/c1-22(2,3)21(28)25-11-4-6-17(16-25)20(27)24-12-5-13-26(15-14-24)31(29,30)19-9-7-18(23)8-10-19/h7-10,17H,4-6,11-16H2,1-3H3. The van der Waals surface area contributed by atoms with Gasteiger partial charge in [-0.3, -0.25) is 9.59 Å². The lowest BCUT2D eigenvalue weighted by molar-refractivity contribution is -0.145. The molecule has 1 aromatic carbocycles. The summed E-state index contributed by atoms with van der Waals surface area (Å²) in [5.41, 5.74) is -0.483. The Hall–Kier alpha value is -2.00. The molecule has 2 aliphatic rings. The molecule has 2 amide bonds. The Morgan fingerprint density at radius 3 is 2.23 bits per heavy atom. The fourth-order valence-electron chi connectivity index (χ4n) is 4.21. The van der Waals surface area contributed by atoms with Gasteiger partial charge in [-0.15, -0.1) is 0 Å². The molecule has 0 spiro atoms. The lowest BCUT2D eigenvalue weighted by atomic mass is 9.90. The van der Waals surface area contributed by atoms with Gasteiger partial charge in [-0.2, -0.15) is 4.31 Å². The van der Waals surface area contributed by atoms with Crippen LogP contribution in [0.4, 0.5) is 4.39 Å². The van der Waals surface area contributed by atoms with Gasteiger partial charge in [0.2, 0.25) is 21.8 Å². The minimum atomic E-state index is -3.74. The highest BCUT2D eigenvalue weighted by Gasteiger charge is 2.36. The molecule has 2 aliphatic heterocycles. The quantitative estimate of drug-likeness (QED) is 0.704. The third-order valence-corrected chi connectivity index (χ3v) is 7.83. The van der Waals surface area contributed by atoms with Crippen molar-refractivity contribution in [3.63, 3.8) is 0 Å². The molecule has 0 aromatic heterocycles. The molecule has 0 bridgehead atoms. The molecule has 2 heterocycles. The van der Waals surface area contributed by atoms with Crippen molar-refractivity contribution in [2.75, 3.05) is 39.3 Å². The van der Waals surface area contributed by atoms with Gasteiger partial charge in [0.1, 0.15) is 5.82 Å². The van der Waals surface area contributed by atoms with Gasteiger partial charge in [-0.1, -0.05) is 20.8 Å². The third kappa shape index (κ3) is 5.44. The fraction of sp³-hybridized carbons (Fsp3) is 0.636. The summed E-state index contributed by atoms with van der Waals surface area (Å²) >= 11 is 0. The van der Waals surface area contributed by atoms with E-state index in [1.54, 1.807) is 9.80 Å². The zero-order chi connectivity index (χ0) is 22.8. The number of amides is 2. The number of nitrogens with zero attached hydrogens (tertiary/aromatic N) is 3. The maximum atomic E-state index is 13.2. The number of hydrogen-bond acceptors (Lipinski definition) is 4. The Labute approximate surface area is 184 Å². The van der Waals surface area contributed by atoms with Crippen molar-refractivity contribution in [1.29, 1.82) is 0 Å². The molecule has 1 atom stereocenters. The molecule has 1 aromatic rings. The highest BCUT2D eigenvalue weighted by atomic mass is 32.2. The van der Waals surface area contributed by atoms with E-state index in [1.807, 2.05) is 20.8 Å². The van der Waals surface area contributed by atoms with Crippen LogP contribution in [0.2, 0.25) is 0 Å². The van der Waals surface area contributed by atoms with E-state index in [-0.39, 0.29) is 29.2 Å². The highest BCUT2D eigenvalue weighted by molar-refractivity contribution is 7.89. The first-order valence-corrected chi connectivity index (χ1v) is 12.3. The van der Waals surface area contributed by atoms with Gasteiger partial charge < -0.3 is 9.80 Å². The van der Waals surface area contributed by atoms with Crippen molar-refractivity contribution in [2.24, 2.45) is 11.3 Å².